The van der Waals surface area contributed by atoms with Crippen LogP contribution >= 0.6 is 0 Å². The minimum Gasteiger partial charge on any atom is -0.284 e. The maximum absolute atomic E-state index is 3.77. The van der Waals surface area contributed by atoms with E-state index < -0.39 is 0 Å². The molecule has 0 bridgehead atoms. The van der Waals surface area contributed by atoms with Gasteiger partial charge in [0.05, 0.1) is 5.66 Å². The predicted octanol–water partition coefficient (Wildman–Crippen LogP) is 2.01. The van der Waals surface area contributed by atoms with E-state index in [0.29, 0.717) is 0 Å². The second kappa shape index (κ2) is 3.64. The summed E-state index contributed by atoms with van der Waals surface area (Å²) >= 11 is 0. The van der Waals surface area contributed by atoms with E-state index in [2.05, 4.69) is 49.2 Å². The molecular formula is C13H20N2. The molecular weight excluding hydrogens is 184 g/mol. The van der Waals surface area contributed by atoms with Crippen molar-refractivity contribution in [2.75, 3.05) is 27.2 Å². The van der Waals surface area contributed by atoms with E-state index in [1.165, 1.54) is 12.0 Å². The number of likely N-dealkylation sites (N-methyl/N-ethyl adjacent to an activating group) is 2. The first-order chi connectivity index (χ1) is 7.12. The molecule has 0 aromatic carbocycles. The Bertz CT molecular complexity index is 350. The molecule has 0 aromatic rings. The van der Waals surface area contributed by atoms with Crippen molar-refractivity contribution in [1.82, 2.24) is 9.80 Å². The van der Waals surface area contributed by atoms with Crippen LogP contribution in [0.3, 0.4) is 0 Å². The van der Waals surface area contributed by atoms with Crippen molar-refractivity contribution in [3.63, 3.8) is 0 Å². The fourth-order valence-corrected chi connectivity index (χ4v) is 2.91. The lowest BCUT2D eigenvalue weighted by Crippen LogP contribution is -2.50. The van der Waals surface area contributed by atoms with Crippen LogP contribution in [0, 0.1) is 0 Å². The van der Waals surface area contributed by atoms with Crippen LogP contribution in [0.15, 0.2) is 29.5 Å². The average Bonchev–Trinajstić information content (AvgIpc) is 2.71. The number of hydrogen-bond donors (Lipinski definition) is 0. The molecule has 1 atom stereocenters. The summed E-state index contributed by atoms with van der Waals surface area (Å²) in [4.78, 5) is 4.91. The number of nitrogens with zero attached hydrogens (tertiary/aromatic N) is 2. The third-order valence-corrected chi connectivity index (χ3v) is 3.95. The molecule has 0 amide bonds. The van der Waals surface area contributed by atoms with E-state index in [4.69, 9.17) is 0 Å². The third-order valence-electron chi connectivity index (χ3n) is 3.95. The molecule has 0 radical (unpaired) electrons. The quantitative estimate of drug-likeness (QED) is 0.440. The lowest BCUT2D eigenvalue weighted by atomic mass is 10.0. The Morgan fingerprint density at radius 2 is 1.93 bits per heavy atom. The van der Waals surface area contributed by atoms with Crippen LogP contribution in [0.25, 0.3) is 0 Å². The van der Waals surface area contributed by atoms with Crippen LogP contribution < -0.4 is 0 Å². The minimum atomic E-state index is 0.210. The molecule has 2 rings (SSSR count). The first kappa shape index (κ1) is 10.7. The second-order valence-electron chi connectivity index (χ2n) is 4.78. The Balaban J connectivity index is 2.32. The van der Waals surface area contributed by atoms with Crippen LogP contribution in [0.1, 0.15) is 19.8 Å². The molecule has 2 fully saturated rings. The molecule has 1 unspecified atom stereocenters. The Morgan fingerprint density at radius 3 is 2.40 bits per heavy atom. The Hall–Kier alpha value is -0.820. The van der Waals surface area contributed by atoms with Gasteiger partial charge in [-0.15, -0.1) is 5.73 Å². The molecule has 0 N–H and O–H groups in total. The largest absolute Gasteiger partial charge is 0.284 e. The number of rotatable bonds is 0. The van der Waals surface area contributed by atoms with Crippen molar-refractivity contribution < 1.29 is 0 Å². The first-order valence-electron chi connectivity index (χ1n) is 5.56. The SMILES string of the molecule is C=C=C1CN(C)C2(C1)C/C(=C/C)CN2C. The van der Waals surface area contributed by atoms with Gasteiger partial charge >= 0.3 is 0 Å². The van der Waals surface area contributed by atoms with Crippen molar-refractivity contribution in [3.8, 4) is 0 Å². The van der Waals surface area contributed by atoms with E-state index >= 15 is 0 Å². The van der Waals surface area contributed by atoms with Gasteiger partial charge in [0, 0.05) is 25.9 Å². The van der Waals surface area contributed by atoms with Crippen LogP contribution in [-0.2, 0) is 0 Å². The molecule has 0 saturated carbocycles. The Labute approximate surface area is 92.6 Å². The Morgan fingerprint density at radius 1 is 1.27 bits per heavy atom. The zero-order valence-electron chi connectivity index (χ0n) is 10.0. The van der Waals surface area contributed by atoms with Crippen molar-refractivity contribution >= 4 is 0 Å². The molecule has 2 saturated heterocycles. The smallest absolute Gasteiger partial charge is 0.0821 e. The predicted molar refractivity (Wildman–Crippen MR) is 63.6 cm³/mol. The molecule has 0 aromatic heterocycles. The number of likely N-dealkylation sites (tertiary alicyclic amines) is 2. The zero-order valence-corrected chi connectivity index (χ0v) is 10.0. The van der Waals surface area contributed by atoms with Crippen molar-refractivity contribution in [1.29, 1.82) is 0 Å². The van der Waals surface area contributed by atoms with Gasteiger partial charge in [0.2, 0.25) is 0 Å². The normalized spacial score (nSPS) is 35.7. The van der Waals surface area contributed by atoms with Gasteiger partial charge in [-0.25, -0.2) is 0 Å². The molecule has 1 spiro atoms. The van der Waals surface area contributed by atoms with E-state index in [1.54, 1.807) is 5.57 Å². The van der Waals surface area contributed by atoms with Gasteiger partial charge in [-0.3, -0.25) is 9.80 Å². The molecule has 15 heavy (non-hydrogen) atoms. The molecule has 2 nitrogen and oxygen atoms in total. The van der Waals surface area contributed by atoms with Gasteiger partial charge in [-0.2, -0.15) is 0 Å². The lowest BCUT2D eigenvalue weighted by Gasteiger charge is -2.37. The fourth-order valence-electron chi connectivity index (χ4n) is 2.91. The molecule has 2 heteroatoms. The van der Waals surface area contributed by atoms with E-state index in [9.17, 15) is 0 Å². The highest BCUT2D eigenvalue weighted by Crippen LogP contribution is 2.42. The van der Waals surface area contributed by atoms with Gasteiger partial charge in [-0.05, 0) is 26.6 Å². The highest BCUT2D eigenvalue weighted by atomic mass is 15.4. The fraction of sp³-hybridized carbons (Fsp3) is 0.615. The molecule has 2 heterocycles. The topological polar surface area (TPSA) is 6.48 Å². The highest BCUT2D eigenvalue weighted by Gasteiger charge is 2.48. The van der Waals surface area contributed by atoms with Crippen LogP contribution in [0.5, 0.6) is 0 Å². The summed E-state index contributed by atoms with van der Waals surface area (Å²) < 4.78 is 0. The summed E-state index contributed by atoms with van der Waals surface area (Å²) in [5, 5.41) is 0. The van der Waals surface area contributed by atoms with Crippen molar-refractivity contribution in [2.45, 2.75) is 25.4 Å². The average molecular weight is 204 g/mol. The number of hydrogen-bond acceptors (Lipinski definition) is 2. The molecule has 2 aliphatic rings. The van der Waals surface area contributed by atoms with E-state index in [-0.39, 0.29) is 5.66 Å². The summed E-state index contributed by atoms with van der Waals surface area (Å²) in [6, 6.07) is 0. The first-order valence-corrected chi connectivity index (χ1v) is 5.56. The van der Waals surface area contributed by atoms with Crippen molar-refractivity contribution in [2.24, 2.45) is 0 Å². The van der Waals surface area contributed by atoms with Gasteiger partial charge in [0.25, 0.3) is 0 Å². The van der Waals surface area contributed by atoms with Gasteiger partial charge in [0.15, 0.2) is 0 Å². The highest BCUT2D eigenvalue weighted by molar-refractivity contribution is 5.25. The van der Waals surface area contributed by atoms with Crippen LogP contribution in [0.4, 0.5) is 0 Å². The van der Waals surface area contributed by atoms with Gasteiger partial charge in [-0.1, -0.05) is 18.2 Å². The second-order valence-corrected chi connectivity index (χ2v) is 4.78. The van der Waals surface area contributed by atoms with E-state index in [1.807, 2.05) is 0 Å². The number of allylic oxidation sites excluding steroid dienone is 1. The third kappa shape index (κ3) is 1.50. The maximum Gasteiger partial charge on any atom is 0.0821 e. The molecule has 0 aliphatic carbocycles. The zero-order chi connectivity index (χ0) is 11.1. The standard InChI is InChI=1S/C13H20N2/c1-5-11-7-13(14(3)9-11)8-12(6-2)10-15(13)4/h6H,1,7-10H2,2-4H3/b12-6-. The summed E-state index contributed by atoms with van der Waals surface area (Å²) in [5.41, 5.74) is 6.19. The monoisotopic (exact) mass is 204 g/mol. The van der Waals surface area contributed by atoms with Gasteiger partial charge < -0.3 is 0 Å². The maximum atomic E-state index is 3.77. The lowest BCUT2D eigenvalue weighted by molar-refractivity contribution is 0.0392. The summed E-state index contributed by atoms with van der Waals surface area (Å²) in [5.74, 6) is 0. The van der Waals surface area contributed by atoms with E-state index in [0.717, 1.165) is 19.5 Å². The van der Waals surface area contributed by atoms with Crippen molar-refractivity contribution in [3.05, 3.63) is 29.5 Å². The van der Waals surface area contributed by atoms with Crippen LogP contribution in [-0.4, -0.2) is 42.6 Å². The molecule has 82 valence electrons. The summed E-state index contributed by atoms with van der Waals surface area (Å²) in [7, 11) is 4.43. The Kier molecular flexibility index (Phi) is 2.59. The van der Waals surface area contributed by atoms with Crippen LogP contribution in [0.2, 0.25) is 0 Å². The molecule has 2 aliphatic heterocycles. The van der Waals surface area contributed by atoms with Gasteiger partial charge in [0.1, 0.15) is 0 Å². The minimum absolute atomic E-state index is 0.210. The summed E-state index contributed by atoms with van der Waals surface area (Å²) in [6.07, 6.45) is 4.53. The summed E-state index contributed by atoms with van der Waals surface area (Å²) in [6.45, 7) is 8.04.